The Kier molecular flexibility index (Phi) is 7.30. The molecule has 0 amide bonds. The van der Waals surface area contributed by atoms with Crippen LogP contribution in [0, 0.1) is 0 Å². The molecule has 3 rings (SSSR count). The van der Waals surface area contributed by atoms with Crippen molar-refractivity contribution in [3.8, 4) is 12.0 Å². The van der Waals surface area contributed by atoms with Crippen molar-refractivity contribution in [1.29, 1.82) is 0 Å². The molecule has 28 heavy (non-hydrogen) atoms. The molecule has 2 N–H and O–H groups in total. The van der Waals surface area contributed by atoms with E-state index < -0.39 is 0 Å². The molecule has 1 saturated heterocycles. The first kappa shape index (κ1) is 20.6. The first-order valence-corrected chi connectivity index (χ1v) is 10.5. The molecule has 1 aliphatic rings. The number of rotatable bonds is 10. The predicted molar refractivity (Wildman–Crippen MR) is 109 cm³/mol. The van der Waals surface area contributed by atoms with Gasteiger partial charge in [-0.1, -0.05) is 13.3 Å². The number of methoxy groups -OCH3 is 1. The van der Waals surface area contributed by atoms with Gasteiger partial charge in [0.1, 0.15) is 0 Å². The first-order chi connectivity index (χ1) is 13.6. The Balaban J connectivity index is 1.70. The molecular formula is C20H33N5O3. The number of fused-ring (bicyclic) bond motifs is 1. The monoisotopic (exact) mass is 391 g/mol. The number of hydrogen-bond donors (Lipinski definition) is 1. The summed E-state index contributed by atoms with van der Waals surface area (Å²) in [6, 6.07) is 0.800. The summed E-state index contributed by atoms with van der Waals surface area (Å²) in [4.78, 5) is 13.3. The summed E-state index contributed by atoms with van der Waals surface area (Å²) in [5.41, 5.74) is 7.34. The van der Waals surface area contributed by atoms with Gasteiger partial charge in [0, 0.05) is 13.2 Å². The molecule has 3 heterocycles. The van der Waals surface area contributed by atoms with E-state index in [1.54, 1.807) is 7.11 Å². The average Bonchev–Trinajstić information content (AvgIpc) is 3.04. The standard InChI is InChI=1S/C20H33N5O3/c1-4-9-14(2)28-19-23-17(21)16-18(24-19)25(20(22-16)26-3)12-7-5-10-15-11-6-8-13-27-15/h14-15H,4-13H2,1-3H3,(H2,21,23,24)/t14-,15?/m1/s1. The lowest BCUT2D eigenvalue weighted by atomic mass is 10.0. The van der Waals surface area contributed by atoms with Crippen molar-refractivity contribution in [1.82, 2.24) is 19.5 Å². The topological polar surface area (TPSA) is 97.3 Å². The molecule has 2 atom stereocenters. The number of aryl methyl sites for hydroxylation is 1. The van der Waals surface area contributed by atoms with Gasteiger partial charge in [-0.25, -0.2) is 0 Å². The molecule has 1 unspecified atom stereocenters. The van der Waals surface area contributed by atoms with Crippen LogP contribution >= 0.6 is 0 Å². The number of aromatic nitrogens is 4. The smallest absolute Gasteiger partial charge is 0.320 e. The third kappa shape index (κ3) is 5.04. The largest absolute Gasteiger partial charge is 0.468 e. The Morgan fingerprint density at radius 1 is 1.25 bits per heavy atom. The molecule has 0 spiro atoms. The number of nitrogen functional groups attached to an aromatic ring is 1. The third-order valence-corrected chi connectivity index (χ3v) is 5.18. The normalized spacial score (nSPS) is 18.3. The summed E-state index contributed by atoms with van der Waals surface area (Å²) < 4.78 is 19.1. The van der Waals surface area contributed by atoms with Crippen LogP contribution in [0.1, 0.15) is 65.2 Å². The SMILES string of the molecule is CCC[C@@H](C)Oc1nc(N)c2nc(OC)n(CCCCC3CCCCO3)c2n1. The second kappa shape index (κ2) is 9.91. The lowest BCUT2D eigenvalue weighted by Gasteiger charge is -2.22. The van der Waals surface area contributed by atoms with Gasteiger partial charge in [-0.3, -0.25) is 4.57 Å². The van der Waals surface area contributed by atoms with Crippen molar-refractivity contribution >= 4 is 17.0 Å². The summed E-state index contributed by atoms with van der Waals surface area (Å²) in [6.45, 7) is 5.79. The number of imidazole rings is 1. The van der Waals surface area contributed by atoms with E-state index in [9.17, 15) is 0 Å². The highest BCUT2D eigenvalue weighted by atomic mass is 16.5. The molecule has 156 valence electrons. The number of hydrogen-bond acceptors (Lipinski definition) is 7. The predicted octanol–water partition coefficient (Wildman–Crippen LogP) is 3.72. The molecule has 1 fully saturated rings. The number of ether oxygens (including phenoxy) is 3. The van der Waals surface area contributed by atoms with Crippen LogP contribution in [0.3, 0.4) is 0 Å². The number of unbranched alkanes of at least 4 members (excludes halogenated alkanes) is 1. The molecule has 0 bridgehead atoms. The Morgan fingerprint density at radius 3 is 2.82 bits per heavy atom. The van der Waals surface area contributed by atoms with Gasteiger partial charge in [-0.15, -0.1) is 0 Å². The minimum Gasteiger partial charge on any atom is -0.468 e. The van der Waals surface area contributed by atoms with Gasteiger partial charge in [0.05, 0.1) is 19.3 Å². The molecule has 8 heteroatoms. The van der Waals surface area contributed by atoms with Crippen molar-refractivity contribution in [2.75, 3.05) is 19.5 Å². The minimum atomic E-state index is 0.0376. The van der Waals surface area contributed by atoms with Crippen LogP contribution in [0.2, 0.25) is 0 Å². The Labute approximate surface area is 166 Å². The van der Waals surface area contributed by atoms with Crippen molar-refractivity contribution in [2.24, 2.45) is 0 Å². The van der Waals surface area contributed by atoms with E-state index in [1.165, 1.54) is 19.3 Å². The molecule has 2 aromatic heterocycles. The van der Waals surface area contributed by atoms with Crippen LogP contribution in [0.4, 0.5) is 5.82 Å². The van der Waals surface area contributed by atoms with Crippen LogP contribution < -0.4 is 15.2 Å². The van der Waals surface area contributed by atoms with E-state index in [2.05, 4.69) is 21.9 Å². The molecule has 1 aliphatic heterocycles. The zero-order valence-corrected chi connectivity index (χ0v) is 17.3. The quantitative estimate of drug-likeness (QED) is 0.616. The zero-order chi connectivity index (χ0) is 19.9. The maximum Gasteiger partial charge on any atom is 0.320 e. The lowest BCUT2D eigenvalue weighted by molar-refractivity contribution is 0.00970. The van der Waals surface area contributed by atoms with Crippen LogP contribution in [-0.4, -0.2) is 45.4 Å². The molecule has 2 aromatic rings. The number of nitrogens with zero attached hydrogens (tertiary/aromatic N) is 4. The van der Waals surface area contributed by atoms with Crippen molar-refractivity contribution < 1.29 is 14.2 Å². The van der Waals surface area contributed by atoms with Gasteiger partial charge in [-0.05, 0) is 51.9 Å². The van der Waals surface area contributed by atoms with Crippen molar-refractivity contribution in [3.63, 3.8) is 0 Å². The summed E-state index contributed by atoms with van der Waals surface area (Å²) >= 11 is 0. The van der Waals surface area contributed by atoms with Crippen molar-refractivity contribution in [2.45, 2.75) is 84.0 Å². The summed E-state index contributed by atoms with van der Waals surface area (Å²) in [7, 11) is 1.61. The molecule has 0 saturated carbocycles. The Morgan fingerprint density at radius 2 is 2.11 bits per heavy atom. The van der Waals surface area contributed by atoms with Gasteiger partial charge >= 0.3 is 6.01 Å². The molecule has 0 aromatic carbocycles. The van der Waals surface area contributed by atoms with E-state index in [4.69, 9.17) is 19.9 Å². The van der Waals surface area contributed by atoms with Gasteiger partial charge < -0.3 is 19.9 Å². The first-order valence-electron chi connectivity index (χ1n) is 10.5. The van der Waals surface area contributed by atoms with E-state index in [-0.39, 0.29) is 6.10 Å². The second-order valence-electron chi connectivity index (χ2n) is 7.52. The maximum atomic E-state index is 6.12. The summed E-state index contributed by atoms with van der Waals surface area (Å²) in [5, 5.41) is 0. The van der Waals surface area contributed by atoms with Crippen LogP contribution in [0.5, 0.6) is 12.0 Å². The highest BCUT2D eigenvalue weighted by Crippen LogP contribution is 2.27. The Bertz CT molecular complexity index is 758. The Hall–Kier alpha value is -2.09. The number of anilines is 1. The summed E-state index contributed by atoms with van der Waals surface area (Å²) in [6.07, 6.45) is 9.24. The van der Waals surface area contributed by atoms with Crippen molar-refractivity contribution in [3.05, 3.63) is 0 Å². The third-order valence-electron chi connectivity index (χ3n) is 5.18. The lowest BCUT2D eigenvalue weighted by Crippen LogP contribution is -2.18. The van der Waals surface area contributed by atoms with E-state index in [1.807, 2.05) is 11.5 Å². The zero-order valence-electron chi connectivity index (χ0n) is 17.3. The molecular weight excluding hydrogens is 358 g/mol. The fraction of sp³-hybridized carbons (Fsp3) is 0.750. The van der Waals surface area contributed by atoms with Crippen LogP contribution in [0.15, 0.2) is 0 Å². The van der Waals surface area contributed by atoms with E-state index in [0.717, 1.165) is 45.3 Å². The van der Waals surface area contributed by atoms with E-state index >= 15 is 0 Å². The van der Waals surface area contributed by atoms with Gasteiger partial charge in [0.25, 0.3) is 6.01 Å². The molecule has 0 radical (unpaired) electrons. The minimum absolute atomic E-state index is 0.0376. The summed E-state index contributed by atoms with van der Waals surface area (Å²) in [5.74, 6) is 0.316. The van der Waals surface area contributed by atoms with Crippen LogP contribution in [0.25, 0.3) is 11.2 Å². The average molecular weight is 392 g/mol. The molecule has 0 aliphatic carbocycles. The van der Waals surface area contributed by atoms with Gasteiger partial charge in [-0.2, -0.15) is 15.0 Å². The maximum absolute atomic E-state index is 6.12. The van der Waals surface area contributed by atoms with Gasteiger partial charge in [0.15, 0.2) is 17.0 Å². The number of nitrogens with two attached hydrogens (primary N) is 1. The van der Waals surface area contributed by atoms with E-state index in [0.29, 0.717) is 35.1 Å². The fourth-order valence-electron chi connectivity index (χ4n) is 3.71. The highest BCUT2D eigenvalue weighted by molar-refractivity contribution is 5.83. The van der Waals surface area contributed by atoms with Gasteiger partial charge in [0.2, 0.25) is 0 Å². The fourth-order valence-corrected chi connectivity index (χ4v) is 3.71. The highest BCUT2D eigenvalue weighted by Gasteiger charge is 2.19. The van der Waals surface area contributed by atoms with Crippen LogP contribution in [-0.2, 0) is 11.3 Å². The molecule has 8 nitrogen and oxygen atoms in total. The second-order valence-corrected chi connectivity index (χ2v) is 7.52.